The van der Waals surface area contributed by atoms with E-state index in [0.29, 0.717) is 45.2 Å². The molecule has 2 fully saturated rings. The predicted octanol–water partition coefficient (Wildman–Crippen LogP) is 3.80. The van der Waals surface area contributed by atoms with Gasteiger partial charge >= 0.3 is 0 Å². The third-order valence-electron chi connectivity index (χ3n) is 7.43. The topological polar surface area (TPSA) is 132 Å². The summed E-state index contributed by atoms with van der Waals surface area (Å²) in [6.45, 7) is 3.18. The van der Waals surface area contributed by atoms with Crippen molar-refractivity contribution in [2.24, 2.45) is 5.92 Å². The second-order valence-corrected chi connectivity index (χ2v) is 10.9. The summed E-state index contributed by atoms with van der Waals surface area (Å²) < 4.78 is 7.33. The quantitative estimate of drug-likeness (QED) is 0.249. The summed E-state index contributed by atoms with van der Waals surface area (Å²) in [4.78, 5) is 53.9. The highest BCUT2D eigenvalue weighted by Crippen LogP contribution is 2.48. The van der Waals surface area contributed by atoms with Crippen LogP contribution in [0.15, 0.2) is 47.3 Å². The van der Waals surface area contributed by atoms with Crippen molar-refractivity contribution < 1.29 is 19.1 Å². The Kier molecular flexibility index (Phi) is 6.57. The number of ketones is 1. The molecular formula is C28H26BrN7O4. The van der Waals surface area contributed by atoms with Crippen molar-refractivity contribution in [1.82, 2.24) is 29.6 Å². The number of aromatic nitrogens is 5. The molecule has 11 nitrogen and oxygen atoms in total. The number of anilines is 1. The molecule has 1 aromatic carbocycles. The van der Waals surface area contributed by atoms with E-state index in [1.54, 1.807) is 34.1 Å². The summed E-state index contributed by atoms with van der Waals surface area (Å²) in [5, 5.41) is 7.99. The number of carbonyl (C=O) groups is 3. The number of aryl methyl sites for hydroxylation is 1. The molecule has 3 atom stereocenters. The van der Waals surface area contributed by atoms with Crippen LogP contribution in [0, 0.1) is 12.8 Å². The summed E-state index contributed by atoms with van der Waals surface area (Å²) in [6.07, 6.45) is 4.93. The molecular weight excluding hydrogens is 578 g/mol. The molecule has 2 aliphatic rings. The summed E-state index contributed by atoms with van der Waals surface area (Å²) in [5.41, 5.74) is 2.60. The standard InChI is InChI=1S/C28H26BrN7O4/c1-14(37)27-20-6-16(18-11-30-15(2)31-12-18)4-5-21(20)35(34-27)13-26(38)36-22-7-17(22)8-23(36)28(39)33-25-10-19(40-3)9-24(29)32-25/h4-6,9-12,17,22-23H,7-8,13H2,1-3H3,(H,32,33,39)/t17-,22?,23+/m1/s1. The molecule has 3 aromatic heterocycles. The fraction of sp³-hybridized carbons (Fsp3) is 0.321. The Bertz CT molecular complexity index is 1670. The van der Waals surface area contributed by atoms with Crippen molar-refractivity contribution in [3.63, 3.8) is 0 Å². The Morgan fingerprint density at radius 2 is 1.88 bits per heavy atom. The number of hydrogen-bond acceptors (Lipinski definition) is 8. The Labute approximate surface area is 238 Å². The fourth-order valence-electron chi connectivity index (χ4n) is 5.40. The van der Waals surface area contributed by atoms with Crippen LogP contribution in [0.2, 0.25) is 0 Å². The number of benzene rings is 1. The molecule has 1 aliphatic carbocycles. The maximum absolute atomic E-state index is 13.7. The first kappa shape index (κ1) is 26.1. The van der Waals surface area contributed by atoms with E-state index >= 15 is 0 Å². The van der Waals surface area contributed by atoms with Crippen LogP contribution in [0.3, 0.4) is 0 Å². The smallest absolute Gasteiger partial charge is 0.248 e. The molecule has 4 aromatic rings. The van der Waals surface area contributed by atoms with Crippen LogP contribution in [-0.2, 0) is 16.1 Å². The number of ether oxygens (including phenoxy) is 1. The van der Waals surface area contributed by atoms with Gasteiger partial charge in [-0.25, -0.2) is 15.0 Å². The molecule has 0 spiro atoms. The minimum Gasteiger partial charge on any atom is -0.497 e. The number of rotatable bonds is 7. The third kappa shape index (κ3) is 4.83. The highest BCUT2D eigenvalue weighted by Gasteiger charge is 2.56. The zero-order valence-electron chi connectivity index (χ0n) is 22.1. The van der Waals surface area contributed by atoms with Gasteiger partial charge in [-0.15, -0.1) is 0 Å². The number of likely N-dealkylation sites (tertiary alicyclic amines) is 1. The normalized spacial score (nSPS) is 19.4. The Morgan fingerprint density at radius 1 is 1.10 bits per heavy atom. The van der Waals surface area contributed by atoms with Gasteiger partial charge in [-0.3, -0.25) is 19.1 Å². The maximum atomic E-state index is 13.7. The molecule has 4 heterocycles. The lowest BCUT2D eigenvalue weighted by Crippen LogP contribution is -2.46. The molecule has 1 unspecified atom stereocenters. The van der Waals surface area contributed by atoms with E-state index in [-0.39, 0.29) is 35.9 Å². The minimum absolute atomic E-state index is 0.0236. The molecule has 6 rings (SSSR count). The lowest BCUT2D eigenvalue weighted by Gasteiger charge is -2.27. The first-order valence-corrected chi connectivity index (χ1v) is 13.6. The van der Waals surface area contributed by atoms with Crippen molar-refractivity contribution in [1.29, 1.82) is 0 Å². The zero-order chi connectivity index (χ0) is 28.1. The van der Waals surface area contributed by atoms with Gasteiger partial charge < -0.3 is 15.0 Å². The van der Waals surface area contributed by atoms with Crippen LogP contribution >= 0.6 is 15.9 Å². The number of amides is 2. The van der Waals surface area contributed by atoms with Crippen molar-refractivity contribution in [2.45, 2.75) is 45.3 Å². The van der Waals surface area contributed by atoms with Crippen molar-refractivity contribution in [3.8, 4) is 16.9 Å². The predicted molar refractivity (Wildman–Crippen MR) is 150 cm³/mol. The first-order chi connectivity index (χ1) is 19.2. The van der Waals surface area contributed by atoms with Crippen LogP contribution in [0.5, 0.6) is 5.75 Å². The molecule has 1 aliphatic heterocycles. The number of hydrogen-bond donors (Lipinski definition) is 1. The van der Waals surface area contributed by atoms with E-state index in [1.165, 1.54) is 14.0 Å². The monoisotopic (exact) mass is 603 g/mol. The van der Waals surface area contributed by atoms with Crippen LogP contribution in [-0.4, -0.2) is 66.4 Å². The molecule has 1 saturated heterocycles. The lowest BCUT2D eigenvalue weighted by atomic mass is 10.0. The average molecular weight is 604 g/mol. The van der Waals surface area contributed by atoms with Gasteiger partial charge in [-0.2, -0.15) is 5.10 Å². The van der Waals surface area contributed by atoms with Crippen LogP contribution < -0.4 is 10.1 Å². The number of nitrogens with zero attached hydrogens (tertiary/aromatic N) is 6. The van der Waals surface area contributed by atoms with Gasteiger partial charge in [-0.1, -0.05) is 6.07 Å². The van der Waals surface area contributed by atoms with E-state index in [4.69, 9.17) is 4.74 Å². The number of carbonyl (C=O) groups excluding carboxylic acids is 3. The molecule has 40 heavy (non-hydrogen) atoms. The molecule has 0 radical (unpaired) electrons. The van der Waals surface area contributed by atoms with E-state index in [2.05, 4.69) is 41.3 Å². The van der Waals surface area contributed by atoms with Gasteiger partial charge in [0.05, 0.1) is 12.6 Å². The summed E-state index contributed by atoms with van der Waals surface area (Å²) in [6, 6.07) is 8.33. The molecule has 2 amide bonds. The third-order valence-corrected chi connectivity index (χ3v) is 7.84. The number of methoxy groups -OCH3 is 1. The summed E-state index contributed by atoms with van der Waals surface area (Å²) in [5.74, 6) is 1.12. The number of nitrogens with one attached hydrogen (secondary N) is 1. The zero-order valence-corrected chi connectivity index (χ0v) is 23.7. The largest absolute Gasteiger partial charge is 0.497 e. The van der Waals surface area contributed by atoms with Crippen LogP contribution in [0.25, 0.3) is 22.0 Å². The number of piperidine rings is 1. The van der Waals surface area contributed by atoms with Crippen molar-refractivity contribution >= 4 is 50.2 Å². The maximum Gasteiger partial charge on any atom is 0.248 e. The van der Waals surface area contributed by atoms with Crippen LogP contribution in [0.4, 0.5) is 5.82 Å². The SMILES string of the molecule is COc1cc(Br)nc(NC(=O)[C@@H]2C[C@H]3CC3N2C(=O)Cn2nc(C(C)=O)c3cc(-c4cnc(C)nc4)ccc32)c1. The van der Waals surface area contributed by atoms with Gasteiger partial charge in [0.2, 0.25) is 11.8 Å². The van der Waals surface area contributed by atoms with E-state index in [0.717, 1.165) is 17.5 Å². The van der Waals surface area contributed by atoms with Gasteiger partial charge in [0.1, 0.15) is 40.3 Å². The van der Waals surface area contributed by atoms with E-state index in [9.17, 15) is 14.4 Å². The van der Waals surface area contributed by atoms with Gasteiger partial charge in [0.15, 0.2) is 5.78 Å². The minimum atomic E-state index is -0.620. The highest BCUT2D eigenvalue weighted by atomic mass is 79.9. The Balaban J connectivity index is 1.26. The molecule has 12 heteroatoms. The Morgan fingerprint density at radius 3 is 2.60 bits per heavy atom. The first-order valence-electron chi connectivity index (χ1n) is 12.9. The summed E-state index contributed by atoms with van der Waals surface area (Å²) in [7, 11) is 1.53. The highest BCUT2D eigenvalue weighted by molar-refractivity contribution is 9.10. The van der Waals surface area contributed by atoms with Crippen molar-refractivity contribution in [3.05, 3.63) is 58.8 Å². The second kappa shape index (κ2) is 10.1. The van der Waals surface area contributed by atoms with Gasteiger partial charge in [0.25, 0.3) is 0 Å². The lowest BCUT2D eigenvalue weighted by molar-refractivity contribution is -0.138. The van der Waals surface area contributed by atoms with Crippen molar-refractivity contribution in [2.75, 3.05) is 12.4 Å². The van der Waals surface area contributed by atoms with Gasteiger partial charge in [0, 0.05) is 48.4 Å². The molecule has 204 valence electrons. The summed E-state index contributed by atoms with van der Waals surface area (Å²) >= 11 is 3.32. The number of halogens is 1. The Hall–Kier alpha value is -4.19. The molecule has 1 saturated carbocycles. The number of pyridine rings is 1. The fourth-order valence-corrected chi connectivity index (χ4v) is 5.82. The van der Waals surface area contributed by atoms with Crippen LogP contribution in [0.1, 0.15) is 36.1 Å². The number of fused-ring (bicyclic) bond motifs is 2. The molecule has 0 bridgehead atoms. The molecule has 1 N–H and O–H groups in total. The van der Waals surface area contributed by atoms with E-state index < -0.39 is 6.04 Å². The average Bonchev–Trinajstić information content (AvgIpc) is 3.43. The van der Waals surface area contributed by atoms with E-state index in [1.807, 2.05) is 25.1 Å². The number of Topliss-reactive ketones (excluding diaryl/α,β-unsaturated/α-hetero) is 1. The van der Waals surface area contributed by atoms with Gasteiger partial charge in [-0.05, 0) is 59.3 Å². The second-order valence-electron chi connectivity index (χ2n) is 10.1.